The van der Waals surface area contributed by atoms with Gasteiger partial charge in [-0.2, -0.15) is 0 Å². The summed E-state index contributed by atoms with van der Waals surface area (Å²) >= 11 is 12.2. The Morgan fingerprint density at radius 2 is 0.929 bits per heavy atom. The Morgan fingerprint density at radius 3 is 1.21 bits per heavy atom. The molecule has 3 rings (SSSR count). The van der Waals surface area contributed by atoms with Crippen LogP contribution in [0.3, 0.4) is 0 Å². The van der Waals surface area contributed by atoms with Crippen LogP contribution < -0.4 is 98.9 Å². The molecule has 0 aliphatic heterocycles. The first-order valence-electron chi connectivity index (χ1n) is 11.4. The minimum absolute atomic E-state index is 0. The smallest absolute Gasteiger partial charge is 0.872 e. The summed E-state index contributed by atoms with van der Waals surface area (Å²) in [5, 5.41) is 30.7. The van der Waals surface area contributed by atoms with Crippen molar-refractivity contribution in [3.8, 4) is 23.0 Å². The second kappa shape index (κ2) is 17.5. The van der Waals surface area contributed by atoms with Gasteiger partial charge in [0.2, 0.25) is 11.8 Å². The van der Waals surface area contributed by atoms with Gasteiger partial charge in [-0.3, -0.25) is 9.59 Å². The number of methoxy groups -OCH3 is 4. The third-order valence-electron chi connectivity index (χ3n) is 5.44. The zero-order valence-electron chi connectivity index (χ0n) is 23.8. The molecule has 0 atom stereocenters. The topological polar surface area (TPSA) is 141 Å². The molecule has 0 aliphatic carbocycles. The Hall–Kier alpha value is -2.54. The standard InChI is InChI=1S/C28H26Cl2N2O8.2Na/c1-37-23-13-25(39-3)19(9-17(23)29)31-27(35)11-21(33)15-5-7-16(8-6-15)22(34)12-28(36)32-20-10-18(30)24(38-2)14-26(20)40-4;;/h5-14,33-34H,1-4H3,(H,31,35)(H,32,36);;/q;2*+1/p-2/b21-11+,22-12+;;. The van der Waals surface area contributed by atoms with Gasteiger partial charge in [-0.15, -0.1) is 0 Å². The number of nitrogens with one attached hydrogen (secondary N) is 2. The van der Waals surface area contributed by atoms with Gasteiger partial charge in [0.15, 0.2) is 0 Å². The van der Waals surface area contributed by atoms with Gasteiger partial charge in [0.1, 0.15) is 23.0 Å². The van der Waals surface area contributed by atoms with Crippen molar-refractivity contribution in [2.75, 3.05) is 39.1 Å². The minimum atomic E-state index is -0.719. The molecule has 0 radical (unpaired) electrons. The fourth-order valence-electron chi connectivity index (χ4n) is 3.46. The van der Waals surface area contributed by atoms with E-state index in [1.54, 1.807) is 0 Å². The quantitative estimate of drug-likeness (QED) is 0.145. The van der Waals surface area contributed by atoms with E-state index >= 15 is 0 Å². The molecule has 3 aromatic carbocycles. The van der Waals surface area contributed by atoms with Crippen LogP contribution in [0.5, 0.6) is 23.0 Å². The van der Waals surface area contributed by atoms with Crippen molar-refractivity contribution in [2.24, 2.45) is 0 Å². The number of anilines is 2. The molecule has 0 heterocycles. The normalized spacial score (nSPS) is 10.9. The number of amides is 2. The van der Waals surface area contributed by atoms with Crippen molar-refractivity contribution in [1.29, 1.82) is 0 Å². The van der Waals surface area contributed by atoms with Crippen LogP contribution in [0.4, 0.5) is 11.4 Å². The molecule has 0 aromatic heterocycles. The first kappa shape index (κ1) is 37.5. The van der Waals surface area contributed by atoms with Crippen LogP contribution >= 0.6 is 23.2 Å². The molecule has 42 heavy (non-hydrogen) atoms. The maximum absolute atomic E-state index is 12.6. The van der Waals surface area contributed by atoms with E-state index in [1.807, 2.05) is 0 Å². The van der Waals surface area contributed by atoms with Crippen LogP contribution in [0, 0.1) is 0 Å². The molecule has 14 heteroatoms. The summed E-state index contributed by atoms with van der Waals surface area (Å²) < 4.78 is 20.7. The molecule has 2 N–H and O–H groups in total. The summed E-state index contributed by atoms with van der Waals surface area (Å²) in [6.45, 7) is 0. The van der Waals surface area contributed by atoms with E-state index in [1.165, 1.54) is 77.0 Å². The van der Waals surface area contributed by atoms with Crippen LogP contribution in [0.1, 0.15) is 11.1 Å². The maximum atomic E-state index is 12.6. The molecule has 0 saturated heterocycles. The summed E-state index contributed by atoms with van der Waals surface area (Å²) in [6, 6.07) is 11.3. The third-order valence-corrected chi connectivity index (χ3v) is 6.03. The number of ether oxygens (including phenoxy) is 4. The van der Waals surface area contributed by atoms with Gasteiger partial charge in [-0.1, -0.05) is 59.0 Å². The summed E-state index contributed by atoms with van der Waals surface area (Å²) in [7, 11) is 5.69. The number of hydrogen-bond donors (Lipinski definition) is 2. The minimum Gasteiger partial charge on any atom is -0.872 e. The van der Waals surface area contributed by atoms with Crippen LogP contribution in [0.25, 0.3) is 11.5 Å². The number of carbonyl (C=O) groups is 2. The Bertz CT molecular complexity index is 1370. The van der Waals surface area contributed by atoms with E-state index in [-0.39, 0.29) is 103 Å². The van der Waals surface area contributed by atoms with E-state index in [4.69, 9.17) is 42.1 Å². The van der Waals surface area contributed by atoms with E-state index in [9.17, 15) is 19.8 Å². The van der Waals surface area contributed by atoms with Crippen molar-refractivity contribution in [1.82, 2.24) is 0 Å². The predicted octanol–water partition coefficient (Wildman–Crippen LogP) is -2.28. The third kappa shape index (κ3) is 9.75. The first-order chi connectivity index (χ1) is 19.1. The number of hydrogen-bond acceptors (Lipinski definition) is 8. The zero-order valence-corrected chi connectivity index (χ0v) is 29.3. The first-order valence-corrected chi connectivity index (χ1v) is 12.2. The molecule has 0 saturated carbocycles. The van der Waals surface area contributed by atoms with E-state index < -0.39 is 23.3 Å². The predicted molar refractivity (Wildman–Crippen MR) is 149 cm³/mol. The zero-order chi connectivity index (χ0) is 29.4. The molecular formula is C28H24Cl2N2Na2O8. The Kier molecular flexibility index (Phi) is 15.7. The second-order valence-corrected chi connectivity index (χ2v) is 8.76. The number of benzene rings is 3. The monoisotopic (exact) mass is 632 g/mol. The molecular weight excluding hydrogens is 609 g/mol. The van der Waals surface area contributed by atoms with Crippen molar-refractivity contribution < 1.29 is 97.9 Å². The molecule has 2 amide bonds. The van der Waals surface area contributed by atoms with Crippen molar-refractivity contribution in [3.63, 3.8) is 0 Å². The van der Waals surface area contributed by atoms with Gasteiger partial charge in [0.05, 0.1) is 49.9 Å². The number of rotatable bonds is 10. The molecule has 0 unspecified atom stereocenters. The summed E-state index contributed by atoms with van der Waals surface area (Å²) in [4.78, 5) is 24.9. The molecule has 210 valence electrons. The van der Waals surface area contributed by atoms with Crippen LogP contribution in [-0.4, -0.2) is 40.3 Å². The fraction of sp³-hybridized carbons (Fsp3) is 0.143. The van der Waals surface area contributed by atoms with Gasteiger partial charge in [-0.05, 0) is 35.4 Å². The van der Waals surface area contributed by atoms with Crippen molar-refractivity contribution in [3.05, 3.63) is 81.9 Å². The van der Waals surface area contributed by atoms with Crippen LogP contribution in [-0.2, 0) is 9.59 Å². The SMILES string of the molecule is COc1cc(OC)c(NC(=O)/C=C(/[O-])c2ccc(/C([O-])=C\C(=O)Nc3cc(Cl)c(OC)cc3OC)cc2)cc1Cl.[Na+].[Na+]. The molecule has 0 spiro atoms. The van der Waals surface area contributed by atoms with Crippen LogP contribution in [0.15, 0.2) is 60.7 Å². The largest absolute Gasteiger partial charge is 1.00 e. The van der Waals surface area contributed by atoms with E-state index in [0.29, 0.717) is 11.5 Å². The van der Waals surface area contributed by atoms with Crippen molar-refractivity contribution >= 4 is 57.9 Å². The summed E-state index contributed by atoms with van der Waals surface area (Å²) in [6.07, 6.45) is 1.70. The summed E-state index contributed by atoms with van der Waals surface area (Å²) in [5.74, 6) is -1.39. The fourth-order valence-corrected chi connectivity index (χ4v) is 3.94. The molecule has 3 aromatic rings. The van der Waals surface area contributed by atoms with Crippen LogP contribution in [0.2, 0.25) is 10.0 Å². The Labute approximate surface area is 297 Å². The average Bonchev–Trinajstić information content (AvgIpc) is 2.93. The number of halogens is 2. The van der Waals surface area contributed by atoms with Gasteiger partial charge in [0, 0.05) is 12.1 Å². The van der Waals surface area contributed by atoms with E-state index in [0.717, 1.165) is 12.2 Å². The van der Waals surface area contributed by atoms with Crippen molar-refractivity contribution in [2.45, 2.75) is 0 Å². The maximum Gasteiger partial charge on any atom is 1.00 e. The molecule has 0 aliphatic rings. The van der Waals surface area contributed by atoms with Gasteiger partial charge in [0.25, 0.3) is 0 Å². The van der Waals surface area contributed by atoms with Gasteiger partial charge < -0.3 is 39.8 Å². The molecule has 0 bridgehead atoms. The number of carbonyl (C=O) groups excluding carboxylic acids is 2. The van der Waals surface area contributed by atoms with Gasteiger partial charge in [-0.25, -0.2) is 0 Å². The molecule has 10 nitrogen and oxygen atoms in total. The molecule has 0 fully saturated rings. The Balaban J connectivity index is 0.00000441. The summed E-state index contributed by atoms with van der Waals surface area (Å²) in [5.41, 5.74) is 0.778. The Morgan fingerprint density at radius 1 is 0.619 bits per heavy atom. The second-order valence-electron chi connectivity index (χ2n) is 7.95. The van der Waals surface area contributed by atoms with E-state index in [2.05, 4.69) is 10.6 Å². The van der Waals surface area contributed by atoms with Gasteiger partial charge >= 0.3 is 59.1 Å². The average molecular weight is 633 g/mol.